The van der Waals surface area contributed by atoms with Crippen LogP contribution in [0.3, 0.4) is 0 Å². The summed E-state index contributed by atoms with van der Waals surface area (Å²) in [6.07, 6.45) is 0.925. The standard InChI is InChI=1S/C21H25N3O4/c1-21(2,22-3)18(20(27)24-28)23-19(26)15-10-8-14(9-11-15)6-4-5-7-16-12-17(16)13-25/h8-11,16-18,22,25,28H,12-13H2,1-3H3,(H,23,26)(H,24,27)/t16-,17+,18-/m1/s1. The molecule has 1 aromatic carbocycles. The molecule has 0 aromatic heterocycles. The van der Waals surface area contributed by atoms with Crippen molar-refractivity contribution < 1.29 is 19.9 Å². The van der Waals surface area contributed by atoms with Crippen LogP contribution in [0.2, 0.25) is 0 Å². The van der Waals surface area contributed by atoms with Gasteiger partial charge in [0.15, 0.2) is 0 Å². The average molecular weight is 383 g/mol. The lowest BCUT2D eigenvalue weighted by Gasteiger charge is -2.32. The normalized spacial score (nSPS) is 18.6. The van der Waals surface area contributed by atoms with Crippen LogP contribution in [0.25, 0.3) is 0 Å². The largest absolute Gasteiger partial charge is 0.396 e. The van der Waals surface area contributed by atoms with Crippen molar-refractivity contribution in [1.29, 1.82) is 0 Å². The summed E-state index contributed by atoms with van der Waals surface area (Å²) in [5.74, 6) is 10.8. The Morgan fingerprint density at radius 2 is 1.93 bits per heavy atom. The van der Waals surface area contributed by atoms with Crippen molar-refractivity contribution in [3.05, 3.63) is 35.4 Å². The molecule has 0 aliphatic heterocycles. The summed E-state index contributed by atoms with van der Waals surface area (Å²) in [4.78, 5) is 24.4. The molecule has 28 heavy (non-hydrogen) atoms. The van der Waals surface area contributed by atoms with Crippen molar-refractivity contribution in [3.63, 3.8) is 0 Å². The van der Waals surface area contributed by atoms with Crippen molar-refractivity contribution in [1.82, 2.24) is 16.1 Å². The minimum Gasteiger partial charge on any atom is -0.396 e. The fourth-order valence-electron chi connectivity index (χ4n) is 2.56. The minimum absolute atomic E-state index is 0.169. The van der Waals surface area contributed by atoms with Gasteiger partial charge >= 0.3 is 0 Å². The van der Waals surface area contributed by atoms with E-state index in [4.69, 9.17) is 10.3 Å². The number of nitrogens with one attached hydrogen (secondary N) is 3. The zero-order valence-electron chi connectivity index (χ0n) is 16.2. The predicted molar refractivity (Wildman–Crippen MR) is 104 cm³/mol. The van der Waals surface area contributed by atoms with Crippen molar-refractivity contribution in [2.75, 3.05) is 13.7 Å². The van der Waals surface area contributed by atoms with Gasteiger partial charge in [-0.25, -0.2) is 5.48 Å². The molecular weight excluding hydrogens is 358 g/mol. The number of carbonyl (C=O) groups is 2. The van der Waals surface area contributed by atoms with Gasteiger partial charge in [0.05, 0.1) is 0 Å². The Labute approximate surface area is 164 Å². The van der Waals surface area contributed by atoms with E-state index in [2.05, 4.69) is 34.3 Å². The summed E-state index contributed by atoms with van der Waals surface area (Å²) in [5, 5.41) is 23.5. The van der Waals surface area contributed by atoms with E-state index < -0.39 is 23.4 Å². The molecule has 1 aromatic rings. The van der Waals surface area contributed by atoms with Crippen LogP contribution < -0.4 is 16.1 Å². The number of hydrogen-bond donors (Lipinski definition) is 5. The average Bonchev–Trinajstić information content (AvgIpc) is 3.47. The van der Waals surface area contributed by atoms with Gasteiger partial charge < -0.3 is 15.7 Å². The van der Waals surface area contributed by atoms with E-state index in [1.807, 2.05) is 0 Å². The summed E-state index contributed by atoms with van der Waals surface area (Å²) >= 11 is 0. The number of amides is 2. The first kappa shape index (κ1) is 21.5. The molecule has 0 bridgehead atoms. The van der Waals surface area contributed by atoms with Gasteiger partial charge in [-0.3, -0.25) is 14.8 Å². The summed E-state index contributed by atoms with van der Waals surface area (Å²) in [7, 11) is 1.66. The van der Waals surface area contributed by atoms with Crippen molar-refractivity contribution in [3.8, 4) is 23.7 Å². The van der Waals surface area contributed by atoms with E-state index in [9.17, 15) is 9.59 Å². The van der Waals surface area contributed by atoms with E-state index in [1.165, 1.54) is 0 Å². The van der Waals surface area contributed by atoms with Gasteiger partial charge in [-0.2, -0.15) is 0 Å². The minimum atomic E-state index is -0.977. The van der Waals surface area contributed by atoms with Gasteiger partial charge in [-0.15, -0.1) is 0 Å². The maximum absolute atomic E-state index is 12.5. The Bertz CT molecular complexity index is 840. The lowest BCUT2D eigenvalue weighted by Crippen LogP contribution is -2.62. The molecule has 7 heteroatoms. The molecule has 2 amide bonds. The SMILES string of the molecule is CNC(C)(C)[C@H](NC(=O)c1ccc(C#CC#C[C@@H]2C[C@H]2CO)cc1)C(=O)NO. The van der Waals surface area contributed by atoms with Crippen LogP contribution in [-0.2, 0) is 4.79 Å². The monoisotopic (exact) mass is 383 g/mol. The molecule has 1 saturated carbocycles. The third-order valence-corrected chi connectivity index (χ3v) is 4.84. The van der Waals surface area contributed by atoms with Gasteiger partial charge in [-0.1, -0.05) is 11.8 Å². The molecule has 7 nitrogen and oxygen atoms in total. The molecular formula is C21H25N3O4. The van der Waals surface area contributed by atoms with Crippen LogP contribution >= 0.6 is 0 Å². The second-order valence-electron chi connectivity index (χ2n) is 7.24. The quantitative estimate of drug-likeness (QED) is 0.275. The van der Waals surface area contributed by atoms with Crippen LogP contribution in [0.1, 0.15) is 36.2 Å². The Kier molecular flexibility index (Phi) is 7.19. The fourth-order valence-corrected chi connectivity index (χ4v) is 2.56. The maximum Gasteiger partial charge on any atom is 0.267 e. The molecule has 148 valence electrons. The molecule has 0 spiro atoms. The summed E-state index contributed by atoms with van der Waals surface area (Å²) in [5.41, 5.74) is 1.88. The summed E-state index contributed by atoms with van der Waals surface area (Å²) in [6.45, 7) is 3.64. The number of aliphatic hydroxyl groups is 1. The molecule has 2 rings (SSSR count). The smallest absolute Gasteiger partial charge is 0.267 e. The third kappa shape index (κ3) is 5.58. The number of rotatable bonds is 6. The molecule has 0 unspecified atom stereocenters. The lowest BCUT2D eigenvalue weighted by molar-refractivity contribution is -0.132. The van der Waals surface area contributed by atoms with Crippen molar-refractivity contribution in [2.45, 2.75) is 31.8 Å². The highest BCUT2D eigenvalue weighted by molar-refractivity contribution is 5.97. The third-order valence-electron chi connectivity index (χ3n) is 4.84. The van der Waals surface area contributed by atoms with Gasteiger partial charge in [0.1, 0.15) is 6.04 Å². The first-order valence-corrected chi connectivity index (χ1v) is 8.98. The van der Waals surface area contributed by atoms with E-state index in [0.717, 1.165) is 6.42 Å². The van der Waals surface area contributed by atoms with Crippen LogP contribution in [0.15, 0.2) is 24.3 Å². The van der Waals surface area contributed by atoms with Gasteiger partial charge in [0.25, 0.3) is 11.8 Å². The molecule has 0 saturated heterocycles. The van der Waals surface area contributed by atoms with E-state index in [0.29, 0.717) is 11.1 Å². The molecule has 1 fully saturated rings. The van der Waals surface area contributed by atoms with E-state index in [1.54, 1.807) is 50.6 Å². The number of likely N-dealkylation sites (N-methyl/N-ethyl adjacent to an activating group) is 1. The first-order valence-electron chi connectivity index (χ1n) is 8.98. The number of benzene rings is 1. The van der Waals surface area contributed by atoms with Crippen LogP contribution in [-0.4, -0.2) is 47.4 Å². The Hall–Kier alpha value is -2.84. The predicted octanol–water partition coefficient (Wildman–Crippen LogP) is 0.272. The maximum atomic E-state index is 12.5. The second-order valence-corrected chi connectivity index (χ2v) is 7.24. The Morgan fingerprint density at radius 3 is 2.46 bits per heavy atom. The van der Waals surface area contributed by atoms with E-state index >= 15 is 0 Å². The Morgan fingerprint density at radius 1 is 1.25 bits per heavy atom. The van der Waals surface area contributed by atoms with Gasteiger partial charge in [0.2, 0.25) is 0 Å². The highest BCUT2D eigenvalue weighted by Gasteiger charge is 2.35. The second kappa shape index (κ2) is 9.38. The van der Waals surface area contributed by atoms with Crippen molar-refractivity contribution in [2.24, 2.45) is 11.8 Å². The van der Waals surface area contributed by atoms with Crippen LogP contribution in [0.4, 0.5) is 0 Å². The van der Waals surface area contributed by atoms with Crippen molar-refractivity contribution >= 4 is 11.8 Å². The number of aliphatic hydroxyl groups excluding tert-OH is 1. The van der Waals surface area contributed by atoms with Gasteiger partial charge in [-0.05, 0) is 69.3 Å². The molecule has 1 aliphatic carbocycles. The Balaban J connectivity index is 2.02. The van der Waals surface area contributed by atoms with Crippen LogP contribution in [0, 0.1) is 35.5 Å². The first-order chi connectivity index (χ1) is 13.3. The lowest BCUT2D eigenvalue weighted by atomic mass is 9.93. The summed E-state index contributed by atoms with van der Waals surface area (Å²) in [6, 6.07) is 5.63. The van der Waals surface area contributed by atoms with E-state index in [-0.39, 0.29) is 18.4 Å². The molecule has 3 atom stereocenters. The highest BCUT2D eigenvalue weighted by Crippen LogP contribution is 2.36. The number of hydrogen-bond acceptors (Lipinski definition) is 5. The summed E-state index contributed by atoms with van der Waals surface area (Å²) < 4.78 is 0. The molecule has 0 heterocycles. The topological polar surface area (TPSA) is 111 Å². The zero-order valence-corrected chi connectivity index (χ0v) is 16.2. The molecule has 5 N–H and O–H groups in total. The van der Waals surface area contributed by atoms with Gasteiger partial charge in [0, 0.05) is 29.2 Å². The molecule has 0 radical (unpaired) electrons. The number of hydroxylamine groups is 1. The number of carbonyl (C=O) groups excluding carboxylic acids is 2. The highest BCUT2D eigenvalue weighted by atomic mass is 16.5. The molecule has 1 aliphatic rings. The zero-order chi connectivity index (χ0) is 20.7. The van der Waals surface area contributed by atoms with Crippen LogP contribution in [0.5, 0.6) is 0 Å². The fraction of sp³-hybridized carbons (Fsp3) is 0.429.